The molecule has 0 spiro atoms. The Morgan fingerprint density at radius 2 is 1.00 bits per heavy atom. The average Bonchev–Trinajstić information content (AvgIpc) is 2.31. The van der Waals surface area contributed by atoms with Gasteiger partial charge in [0, 0.05) is 11.5 Å². The first-order valence-corrected chi connectivity index (χ1v) is 13.6. The first kappa shape index (κ1) is 18.1. The van der Waals surface area contributed by atoms with Crippen molar-refractivity contribution in [2.24, 2.45) is 0 Å². The first-order valence-electron chi connectivity index (χ1n) is 5.82. The summed E-state index contributed by atoms with van der Waals surface area (Å²) in [6, 6.07) is 0. The van der Waals surface area contributed by atoms with Crippen molar-refractivity contribution in [1.29, 1.82) is 0 Å². The molecular weight excluding hydrogens is 313 g/mol. The molecule has 0 aromatic carbocycles. The molecule has 0 radical (unpaired) electrons. The fourth-order valence-electron chi connectivity index (χ4n) is 0.952. The van der Waals surface area contributed by atoms with Crippen molar-refractivity contribution in [3.63, 3.8) is 0 Å². The van der Waals surface area contributed by atoms with Crippen LogP contribution < -0.4 is 0 Å². The highest BCUT2D eigenvalue weighted by molar-refractivity contribution is 9.41. The maximum atomic E-state index is 2.26. The van der Waals surface area contributed by atoms with Crippen LogP contribution in [0.1, 0.15) is 52.4 Å². The summed E-state index contributed by atoms with van der Waals surface area (Å²) in [5.74, 6) is 2.61. The summed E-state index contributed by atoms with van der Waals surface area (Å²) in [6.45, 7) is 4.52. The Hall–Kier alpha value is 2.10. The average molecular weight is 335 g/mol. The molecule has 0 amide bonds. The molecule has 0 aliphatic heterocycles. The van der Waals surface area contributed by atoms with Crippen LogP contribution in [0.25, 0.3) is 0 Å². The van der Waals surface area contributed by atoms with Crippen LogP contribution >= 0.6 is 60.9 Å². The summed E-state index contributed by atoms with van der Waals surface area (Å²) >= 11 is 0. The van der Waals surface area contributed by atoms with E-state index in [1.807, 2.05) is 60.9 Å². The number of hydrogen-bond donors (Lipinski definition) is 0. The van der Waals surface area contributed by atoms with Crippen LogP contribution in [-0.4, -0.2) is 11.5 Å². The summed E-state index contributed by atoms with van der Waals surface area (Å²) < 4.78 is 0. The van der Waals surface area contributed by atoms with Gasteiger partial charge in [-0.15, -0.1) is 0 Å². The molecule has 0 aromatic heterocycles. The third-order valence-electron chi connectivity index (χ3n) is 1.84. The molecule has 0 rings (SSSR count). The van der Waals surface area contributed by atoms with Crippen LogP contribution in [-0.2, 0) is 0 Å². The van der Waals surface area contributed by atoms with Crippen LogP contribution in [0.3, 0.4) is 0 Å². The summed E-state index contributed by atoms with van der Waals surface area (Å²) in [4.78, 5) is 0. The molecule has 0 aromatic rings. The predicted molar refractivity (Wildman–Crippen MR) is 94.3 cm³/mol. The fraction of sp³-hybridized carbons (Fsp3) is 1.00. The van der Waals surface area contributed by atoms with Crippen molar-refractivity contribution in [1.82, 2.24) is 0 Å². The molecule has 0 N–H and O–H groups in total. The Morgan fingerprint density at radius 3 is 1.38 bits per heavy atom. The summed E-state index contributed by atoms with van der Waals surface area (Å²) in [5.41, 5.74) is 0. The highest BCUT2D eigenvalue weighted by Crippen LogP contribution is 2.52. The quantitative estimate of drug-likeness (QED) is 0.253. The van der Waals surface area contributed by atoms with E-state index < -0.39 is 0 Å². The van der Waals surface area contributed by atoms with Crippen molar-refractivity contribution < 1.29 is 0 Å². The topological polar surface area (TPSA) is 0 Å². The highest BCUT2D eigenvalue weighted by Gasteiger charge is 1.95. The van der Waals surface area contributed by atoms with Gasteiger partial charge in [0.2, 0.25) is 0 Å². The van der Waals surface area contributed by atoms with Gasteiger partial charge < -0.3 is 0 Å². The second-order valence-electron chi connectivity index (χ2n) is 3.33. The third-order valence-corrected chi connectivity index (χ3v) is 12.9. The summed E-state index contributed by atoms with van der Waals surface area (Å²) in [5, 5.41) is 0. The number of unbranched alkanes of at least 4 members (excludes halogenated alkanes) is 4. The Balaban J connectivity index is 2.83. The van der Waals surface area contributed by atoms with Crippen molar-refractivity contribution in [2.75, 3.05) is 11.5 Å². The Kier molecular flexibility index (Phi) is 19.3. The van der Waals surface area contributed by atoms with Crippen LogP contribution in [0.4, 0.5) is 0 Å². The Bertz CT molecular complexity index is 108. The lowest BCUT2D eigenvalue weighted by molar-refractivity contribution is 0.780. The van der Waals surface area contributed by atoms with Crippen LogP contribution in [0, 0.1) is 0 Å². The van der Waals surface area contributed by atoms with Gasteiger partial charge in [-0.25, -0.2) is 0 Å². The van der Waals surface area contributed by atoms with E-state index in [0.717, 1.165) is 0 Å². The fourth-order valence-corrected chi connectivity index (χ4v) is 12.7. The standard InChI is InChI=1S/C10H22S6/c1-3-5-7-9-11-13-15-16-14-12-10-8-6-4-2/h3-10H2,1-2H3. The molecular formula is C10H22S6. The minimum atomic E-state index is 1.31. The Morgan fingerprint density at radius 1 is 0.562 bits per heavy atom. The SMILES string of the molecule is CCCCCSSSSSSCCCCC. The van der Waals surface area contributed by atoms with Crippen molar-refractivity contribution in [2.45, 2.75) is 52.4 Å². The van der Waals surface area contributed by atoms with Gasteiger partial charge in [0.1, 0.15) is 0 Å². The molecule has 0 aliphatic rings. The molecule has 0 saturated carbocycles. The van der Waals surface area contributed by atoms with Gasteiger partial charge in [-0.2, -0.15) is 0 Å². The van der Waals surface area contributed by atoms with E-state index in [-0.39, 0.29) is 0 Å². The monoisotopic (exact) mass is 334 g/mol. The van der Waals surface area contributed by atoms with E-state index in [1.165, 1.54) is 50.0 Å². The molecule has 0 saturated heterocycles. The van der Waals surface area contributed by atoms with E-state index in [4.69, 9.17) is 0 Å². The molecule has 98 valence electrons. The van der Waals surface area contributed by atoms with E-state index in [1.54, 1.807) is 0 Å². The maximum Gasteiger partial charge on any atom is 0.00454 e. The third kappa shape index (κ3) is 16.1. The van der Waals surface area contributed by atoms with Crippen LogP contribution in [0.5, 0.6) is 0 Å². The van der Waals surface area contributed by atoms with E-state index >= 15 is 0 Å². The zero-order chi connectivity index (χ0) is 11.9. The predicted octanol–water partition coefficient (Wildman–Crippen LogP) is 7.34. The normalized spacial score (nSPS) is 10.9. The molecule has 0 aliphatic carbocycles. The Labute approximate surface area is 124 Å². The van der Waals surface area contributed by atoms with Gasteiger partial charge in [0.05, 0.1) is 0 Å². The van der Waals surface area contributed by atoms with Gasteiger partial charge in [-0.1, -0.05) is 61.1 Å². The van der Waals surface area contributed by atoms with Crippen molar-refractivity contribution in [3.8, 4) is 0 Å². The second kappa shape index (κ2) is 17.1. The molecule has 0 atom stereocenters. The number of hydrogen-bond acceptors (Lipinski definition) is 6. The van der Waals surface area contributed by atoms with E-state index in [0.29, 0.717) is 0 Å². The molecule has 6 heteroatoms. The van der Waals surface area contributed by atoms with Gasteiger partial charge in [0.25, 0.3) is 0 Å². The molecule has 16 heavy (non-hydrogen) atoms. The van der Waals surface area contributed by atoms with Crippen LogP contribution in [0.2, 0.25) is 0 Å². The minimum Gasteiger partial charge on any atom is -0.0817 e. The zero-order valence-corrected chi connectivity index (χ0v) is 15.0. The highest BCUT2D eigenvalue weighted by atomic mass is 33.9. The lowest BCUT2D eigenvalue weighted by atomic mass is 10.3. The molecule has 0 unspecified atom stereocenters. The zero-order valence-electron chi connectivity index (χ0n) is 10.1. The molecule has 0 heterocycles. The lowest BCUT2D eigenvalue weighted by Crippen LogP contribution is -1.74. The smallest absolute Gasteiger partial charge is 0.00454 e. The largest absolute Gasteiger partial charge is 0.0817 e. The van der Waals surface area contributed by atoms with Crippen molar-refractivity contribution >= 4 is 60.9 Å². The molecule has 0 fully saturated rings. The van der Waals surface area contributed by atoms with Gasteiger partial charge in [-0.05, 0) is 52.1 Å². The van der Waals surface area contributed by atoms with E-state index in [9.17, 15) is 0 Å². The second-order valence-corrected chi connectivity index (χ2v) is 13.1. The van der Waals surface area contributed by atoms with Gasteiger partial charge >= 0.3 is 0 Å². The maximum absolute atomic E-state index is 2.26. The molecule has 0 bridgehead atoms. The van der Waals surface area contributed by atoms with Crippen LogP contribution in [0.15, 0.2) is 0 Å². The first-order chi connectivity index (χ1) is 7.91. The number of rotatable bonds is 13. The summed E-state index contributed by atoms with van der Waals surface area (Å²) in [6.07, 6.45) is 8.17. The minimum absolute atomic E-state index is 1.31. The molecule has 0 nitrogen and oxygen atoms in total. The summed E-state index contributed by atoms with van der Waals surface area (Å²) in [7, 11) is 11.7. The van der Waals surface area contributed by atoms with Gasteiger partial charge in [0.15, 0.2) is 0 Å². The lowest BCUT2D eigenvalue weighted by Gasteiger charge is -1.99. The van der Waals surface area contributed by atoms with Gasteiger partial charge in [-0.3, -0.25) is 0 Å². The van der Waals surface area contributed by atoms with Crippen molar-refractivity contribution in [3.05, 3.63) is 0 Å². The van der Waals surface area contributed by atoms with E-state index in [2.05, 4.69) is 13.8 Å².